The number of nitrogens with zero attached hydrogens (tertiary/aromatic N) is 1. The van der Waals surface area contributed by atoms with Crippen molar-refractivity contribution < 1.29 is 9.13 Å². The van der Waals surface area contributed by atoms with Gasteiger partial charge in [-0.25, -0.2) is 9.37 Å². The van der Waals surface area contributed by atoms with E-state index in [4.69, 9.17) is 27.9 Å². The minimum Gasteiger partial charge on any atom is -0.494 e. The molecule has 0 aliphatic heterocycles. The first kappa shape index (κ1) is 13.2. The molecule has 3 rings (SSSR count). The molecule has 1 heterocycles. The SMILES string of the molecule is COc1cc(-c2nc3cc(Cl)c(Cl)cc3[nH]2)ccc1F. The normalized spacial score (nSPS) is 11.0. The van der Waals surface area contributed by atoms with Gasteiger partial charge in [0, 0.05) is 5.56 Å². The first-order valence-electron chi connectivity index (χ1n) is 5.77. The summed E-state index contributed by atoms with van der Waals surface area (Å²) in [6.07, 6.45) is 0. The highest BCUT2D eigenvalue weighted by Gasteiger charge is 2.10. The number of ether oxygens (including phenoxy) is 1. The van der Waals surface area contributed by atoms with Crippen molar-refractivity contribution in [1.29, 1.82) is 0 Å². The largest absolute Gasteiger partial charge is 0.494 e. The maximum atomic E-state index is 13.4. The number of nitrogens with one attached hydrogen (secondary N) is 1. The Bertz CT molecular complexity index is 762. The lowest BCUT2D eigenvalue weighted by Crippen LogP contribution is -1.89. The second-order valence-electron chi connectivity index (χ2n) is 4.22. The summed E-state index contributed by atoms with van der Waals surface area (Å²) < 4.78 is 18.4. The van der Waals surface area contributed by atoms with E-state index in [2.05, 4.69) is 9.97 Å². The number of halogens is 3. The number of aromatic nitrogens is 2. The molecule has 0 saturated carbocycles. The topological polar surface area (TPSA) is 37.9 Å². The zero-order valence-electron chi connectivity index (χ0n) is 10.4. The number of hydrogen-bond acceptors (Lipinski definition) is 2. The predicted octanol–water partition coefficient (Wildman–Crippen LogP) is 4.68. The number of fused-ring (bicyclic) bond motifs is 1. The summed E-state index contributed by atoms with van der Waals surface area (Å²) in [6.45, 7) is 0. The third kappa shape index (κ3) is 2.21. The Kier molecular flexibility index (Phi) is 3.28. The van der Waals surface area contributed by atoms with Crippen LogP contribution in [0.15, 0.2) is 30.3 Å². The lowest BCUT2D eigenvalue weighted by Gasteiger charge is -2.03. The van der Waals surface area contributed by atoms with Crippen LogP contribution in [0.5, 0.6) is 5.75 Å². The van der Waals surface area contributed by atoms with Crippen LogP contribution in [0.4, 0.5) is 4.39 Å². The summed E-state index contributed by atoms with van der Waals surface area (Å²) >= 11 is 11.9. The second-order valence-corrected chi connectivity index (χ2v) is 5.03. The third-order valence-electron chi connectivity index (χ3n) is 2.95. The van der Waals surface area contributed by atoms with E-state index >= 15 is 0 Å². The van der Waals surface area contributed by atoms with Gasteiger partial charge in [0.2, 0.25) is 0 Å². The smallest absolute Gasteiger partial charge is 0.165 e. The van der Waals surface area contributed by atoms with Gasteiger partial charge in [-0.2, -0.15) is 0 Å². The van der Waals surface area contributed by atoms with Gasteiger partial charge in [0.15, 0.2) is 11.6 Å². The summed E-state index contributed by atoms with van der Waals surface area (Å²) in [5.74, 6) is 0.342. The van der Waals surface area contributed by atoms with Gasteiger partial charge in [-0.3, -0.25) is 0 Å². The highest BCUT2D eigenvalue weighted by atomic mass is 35.5. The van der Waals surface area contributed by atoms with Crippen molar-refractivity contribution in [3.05, 3.63) is 46.2 Å². The molecule has 0 aliphatic carbocycles. The van der Waals surface area contributed by atoms with Crippen LogP contribution in [0.1, 0.15) is 0 Å². The number of H-pyrrole nitrogens is 1. The molecular formula is C14H9Cl2FN2O. The summed E-state index contributed by atoms with van der Waals surface area (Å²) in [6, 6.07) is 7.92. The quantitative estimate of drug-likeness (QED) is 0.746. The van der Waals surface area contributed by atoms with Gasteiger partial charge >= 0.3 is 0 Å². The Labute approximate surface area is 124 Å². The Morgan fingerprint density at radius 2 is 1.90 bits per heavy atom. The van der Waals surface area contributed by atoms with E-state index in [1.807, 2.05) is 0 Å². The van der Waals surface area contributed by atoms with Crippen LogP contribution in [0, 0.1) is 5.82 Å². The highest BCUT2D eigenvalue weighted by Crippen LogP contribution is 2.30. The molecule has 0 aliphatic rings. The van der Waals surface area contributed by atoms with Gasteiger partial charge in [0.1, 0.15) is 5.82 Å². The Morgan fingerprint density at radius 1 is 1.15 bits per heavy atom. The summed E-state index contributed by atoms with van der Waals surface area (Å²) in [4.78, 5) is 7.53. The van der Waals surface area contributed by atoms with Crippen molar-refractivity contribution in [3.8, 4) is 17.1 Å². The average Bonchev–Trinajstić information content (AvgIpc) is 2.82. The number of rotatable bonds is 2. The fourth-order valence-corrected chi connectivity index (χ4v) is 2.27. The third-order valence-corrected chi connectivity index (χ3v) is 3.67. The fourth-order valence-electron chi connectivity index (χ4n) is 1.95. The van der Waals surface area contributed by atoms with E-state index in [-0.39, 0.29) is 5.75 Å². The average molecular weight is 311 g/mol. The Morgan fingerprint density at radius 3 is 2.65 bits per heavy atom. The van der Waals surface area contributed by atoms with Crippen molar-refractivity contribution in [3.63, 3.8) is 0 Å². The number of aromatic amines is 1. The number of hydrogen-bond donors (Lipinski definition) is 1. The van der Waals surface area contributed by atoms with Crippen LogP contribution < -0.4 is 4.74 Å². The number of methoxy groups -OCH3 is 1. The van der Waals surface area contributed by atoms with E-state index in [0.29, 0.717) is 26.9 Å². The van der Waals surface area contributed by atoms with Gasteiger partial charge in [-0.15, -0.1) is 0 Å². The molecule has 3 nitrogen and oxygen atoms in total. The molecule has 0 unspecified atom stereocenters. The van der Waals surface area contributed by atoms with Crippen LogP contribution in [0.3, 0.4) is 0 Å². The zero-order valence-corrected chi connectivity index (χ0v) is 11.9. The lowest BCUT2D eigenvalue weighted by atomic mass is 10.2. The number of benzene rings is 2. The van der Waals surface area contributed by atoms with E-state index in [1.54, 1.807) is 24.3 Å². The highest BCUT2D eigenvalue weighted by molar-refractivity contribution is 6.42. The van der Waals surface area contributed by atoms with Crippen molar-refractivity contribution in [2.45, 2.75) is 0 Å². The van der Waals surface area contributed by atoms with Crippen LogP contribution >= 0.6 is 23.2 Å². The van der Waals surface area contributed by atoms with Gasteiger partial charge in [-0.05, 0) is 30.3 Å². The van der Waals surface area contributed by atoms with Crippen LogP contribution in [0.2, 0.25) is 10.0 Å². The Balaban J connectivity index is 2.14. The molecule has 20 heavy (non-hydrogen) atoms. The van der Waals surface area contributed by atoms with Crippen LogP contribution in [-0.4, -0.2) is 17.1 Å². The second kappa shape index (κ2) is 4.96. The molecule has 2 aromatic carbocycles. The van der Waals surface area contributed by atoms with Crippen LogP contribution in [-0.2, 0) is 0 Å². The molecule has 0 atom stereocenters. The minimum absolute atomic E-state index is 0.166. The van der Waals surface area contributed by atoms with E-state index in [0.717, 1.165) is 5.52 Å². The van der Waals surface area contributed by atoms with Crippen molar-refractivity contribution in [1.82, 2.24) is 9.97 Å². The van der Waals surface area contributed by atoms with E-state index in [1.165, 1.54) is 13.2 Å². The maximum absolute atomic E-state index is 13.4. The molecule has 1 aromatic heterocycles. The molecule has 0 spiro atoms. The molecule has 0 saturated heterocycles. The summed E-state index contributed by atoms with van der Waals surface area (Å²) in [5.41, 5.74) is 2.17. The zero-order chi connectivity index (χ0) is 14.3. The molecule has 3 aromatic rings. The first-order chi connectivity index (χ1) is 9.58. The maximum Gasteiger partial charge on any atom is 0.165 e. The summed E-state index contributed by atoms with van der Waals surface area (Å²) in [5, 5.41) is 0.889. The minimum atomic E-state index is -0.418. The van der Waals surface area contributed by atoms with Crippen LogP contribution in [0.25, 0.3) is 22.4 Å². The molecular weight excluding hydrogens is 302 g/mol. The fraction of sp³-hybridized carbons (Fsp3) is 0.0714. The number of imidazole rings is 1. The van der Waals surface area contributed by atoms with Gasteiger partial charge in [0.25, 0.3) is 0 Å². The predicted molar refractivity (Wildman–Crippen MR) is 78.1 cm³/mol. The van der Waals surface area contributed by atoms with Gasteiger partial charge < -0.3 is 9.72 Å². The monoisotopic (exact) mass is 310 g/mol. The van der Waals surface area contributed by atoms with Crippen molar-refractivity contribution >= 4 is 34.2 Å². The van der Waals surface area contributed by atoms with E-state index in [9.17, 15) is 4.39 Å². The molecule has 0 radical (unpaired) electrons. The first-order valence-corrected chi connectivity index (χ1v) is 6.53. The molecule has 0 amide bonds. The van der Waals surface area contributed by atoms with E-state index < -0.39 is 5.82 Å². The molecule has 6 heteroatoms. The van der Waals surface area contributed by atoms with Crippen molar-refractivity contribution in [2.24, 2.45) is 0 Å². The molecule has 0 bridgehead atoms. The molecule has 102 valence electrons. The molecule has 1 N–H and O–H groups in total. The Hall–Kier alpha value is -1.78. The molecule has 0 fully saturated rings. The van der Waals surface area contributed by atoms with Gasteiger partial charge in [0.05, 0.1) is 28.2 Å². The standard InChI is InChI=1S/C14H9Cl2FN2O/c1-20-13-4-7(2-3-10(13)17)14-18-11-5-8(15)9(16)6-12(11)19-14/h2-6H,1H3,(H,18,19). The van der Waals surface area contributed by atoms with Gasteiger partial charge in [-0.1, -0.05) is 23.2 Å². The van der Waals surface area contributed by atoms with Crippen molar-refractivity contribution in [2.75, 3.05) is 7.11 Å². The lowest BCUT2D eigenvalue weighted by molar-refractivity contribution is 0.387. The summed E-state index contributed by atoms with van der Waals surface area (Å²) in [7, 11) is 1.42.